The van der Waals surface area contributed by atoms with Crippen molar-refractivity contribution >= 4 is 40.8 Å². The van der Waals surface area contributed by atoms with Crippen LogP contribution >= 0.6 is 34.9 Å². The van der Waals surface area contributed by atoms with Gasteiger partial charge >= 0.3 is 0 Å². The summed E-state index contributed by atoms with van der Waals surface area (Å²) in [4.78, 5) is 12.4. The molecule has 0 aliphatic carbocycles. The maximum absolute atomic E-state index is 12.4. The molecule has 3 aromatic rings. The second-order valence-electron chi connectivity index (χ2n) is 6.55. The molecule has 4 rings (SSSR count). The third-order valence-corrected chi connectivity index (χ3v) is 7.79. The van der Waals surface area contributed by atoms with Crippen LogP contribution in [0.2, 0.25) is 0 Å². The van der Waals surface area contributed by atoms with Gasteiger partial charge in [0.15, 0.2) is 8.68 Å². The van der Waals surface area contributed by atoms with Gasteiger partial charge in [-0.3, -0.25) is 4.79 Å². The quantitative estimate of drug-likeness (QED) is 0.495. The molecule has 0 fully saturated rings. The number of carbonyl (C=O) groups is 1. The summed E-state index contributed by atoms with van der Waals surface area (Å²) >= 11 is 4.57. The number of carbonyl (C=O) groups excluding carboxylic acids is 1. The molecule has 1 amide bonds. The minimum absolute atomic E-state index is 0.00640. The molecule has 1 aliphatic heterocycles. The van der Waals surface area contributed by atoms with E-state index in [4.69, 9.17) is 9.47 Å². The fourth-order valence-corrected chi connectivity index (χ4v) is 5.82. The molecule has 30 heavy (non-hydrogen) atoms. The Morgan fingerprint density at radius 1 is 1.17 bits per heavy atom. The molecule has 0 bridgehead atoms. The number of thioether (sulfide) groups is 2. The predicted molar refractivity (Wildman–Crippen MR) is 121 cm³/mol. The molecular weight excluding hydrogens is 438 g/mol. The van der Waals surface area contributed by atoms with E-state index in [2.05, 4.69) is 15.5 Å². The molecule has 2 aromatic carbocycles. The van der Waals surface area contributed by atoms with Gasteiger partial charge in [-0.05, 0) is 23.8 Å². The summed E-state index contributed by atoms with van der Waals surface area (Å²) in [5, 5.41) is 11.5. The highest BCUT2D eigenvalue weighted by molar-refractivity contribution is 8.03. The lowest BCUT2D eigenvalue weighted by atomic mass is 10.0. The molecule has 1 unspecified atom stereocenters. The van der Waals surface area contributed by atoms with E-state index in [1.165, 1.54) is 28.7 Å². The van der Waals surface area contributed by atoms with E-state index in [1.807, 2.05) is 48.5 Å². The van der Waals surface area contributed by atoms with Crippen LogP contribution in [0, 0.1) is 0 Å². The standard InChI is InChI=1S/C21H21N3O3S3/c1-26-15-8-6-14(7-9-15)12-28-20-23-24-21(30-20)29-13-19(25)22-17-10-11-27-18-5-3-2-4-16(17)18/h2-9,17H,10-13H2,1H3,(H,22,25). The molecule has 0 spiro atoms. The summed E-state index contributed by atoms with van der Waals surface area (Å²) in [5.41, 5.74) is 2.23. The van der Waals surface area contributed by atoms with Crippen molar-refractivity contribution in [2.45, 2.75) is 26.9 Å². The Kier molecular flexibility index (Phi) is 7.14. The smallest absolute Gasteiger partial charge is 0.230 e. The number of aromatic nitrogens is 2. The van der Waals surface area contributed by atoms with Gasteiger partial charge in [0.2, 0.25) is 5.91 Å². The average Bonchev–Trinajstić information content (AvgIpc) is 3.25. The van der Waals surface area contributed by atoms with Crippen molar-refractivity contribution < 1.29 is 14.3 Å². The molecule has 1 aliphatic rings. The number of fused-ring (bicyclic) bond motifs is 1. The first-order chi connectivity index (χ1) is 14.7. The van der Waals surface area contributed by atoms with Crippen LogP contribution in [-0.2, 0) is 10.5 Å². The molecule has 0 saturated heterocycles. The number of benzene rings is 2. The molecule has 9 heteroatoms. The van der Waals surface area contributed by atoms with E-state index in [1.54, 1.807) is 18.9 Å². The van der Waals surface area contributed by atoms with Crippen LogP contribution in [0.3, 0.4) is 0 Å². The van der Waals surface area contributed by atoms with Gasteiger partial charge in [0, 0.05) is 17.7 Å². The van der Waals surface area contributed by atoms with Gasteiger partial charge in [-0.2, -0.15) is 0 Å². The number of nitrogens with one attached hydrogen (secondary N) is 1. The highest BCUT2D eigenvalue weighted by Crippen LogP contribution is 2.33. The van der Waals surface area contributed by atoms with Gasteiger partial charge in [0.25, 0.3) is 0 Å². The second kappa shape index (κ2) is 10.2. The van der Waals surface area contributed by atoms with Crippen LogP contribution in [0.15, 0.2) is 57.2 Å². The van der Waals surface area contributed by atoms with Crippen LogP contribution in [0.1, 0.15) is 23.6 Å². The van der Waals surface area contributed by atoms with Crippen molar-refractivity contribution in [1.82, 2.24) is 15.5 Å². The van der Waals surface area contributed by atoms with Crippen LogP contribution in [0.25, 0.3) is 0 Å². The monoisotopic (exact) mass is 459 g/mol. The van der Waals surface area contributed by atoms with Gasteiger partial charge in [0.1, 0.15) is 11.5 Å². The highest BCUT2D eigenvalue weighted by atomic mass is 32.2. The largest absolute Gasteiger partial charge is 0.497 e. The topological polar surface area (TPSA) is 73.3 Å². The van der Waals surface area contributed by atoms with Crippen molar-refractivity contribution in [3.63, 3.8) is 0 Å². The number of rotatable bonds is 8. The van der Waals surface area contributed by atoms with Crippen LogP contribution in [0.4, 0.5) is 0 Å². The van der Waals surface area contributed by atoms with Crippen molar-refractivity contribution in [2.24, 2.45) is 0 Å². The van der Waals surface area contributed by atoms with Crippen molar-refractivity contribution in [3.8, 4) is 11.5 Å². The lowest BCUT2D eigenvalue weighted by Gasteiger charge is -2.26. The van der Waals surface area contributed by atoms with E-state index in [9.17, 15) is 4.79 Å². The number of methoxy groups -OCH3 is 1. The van der Waals surface area contributed by atoms with Crippen molar-refractivity contribution in [1.29, 1.82) is 0 Å². The normalized spacial score (nSPS) is 15.2. The summed E-state index contributed by atoms with van der Waals surface area (Å²) in [6, 6.07) is 15.8. The van der Waals surface area contributed by atoms with E-state index < -0.39 is 0 Å². The summed E-state index contributed by atoms with van der Waals surface area (Å²) in [6.07, 6.45) is 0.776. The zero-order valence-corrected chi connectivity index (χ0v) is 18.8. The number of ether oxygens (including phenoxy) is 2. The molecule has 2 heterocycles. The molecule has 0 radical (unpaired) electrons. The molecular formula is C21H21N3O3S3. The number of hydrogen-bond acceptors (Lipinski definition) is 8. The fourth-order valence-electron chi connectivity index (χ4n) is 3.04. The first-order valence-electron chi connectivity index (χ1n) is 9.44. The van der Waals surface area contributed by atoms with Gasteiger partial charge in [0.05, 0.1) is 25.5 Å². The van der Waals surface area contributed by atoms with E-state index in [0.717, 1.165) is 37.9 Å². The molecule has 1 aromatic heterocycles. The Labute approximate surface area is 187 Å². The van der Waals surface area contributed by atoms with Crippen molar-refractivity contribution in [2.75, 3.05) is 19.5 Å². The van der Waals surface area contributed by atoms with Crippen molar-refractivity contribution in [3.05, 3.63) is 59.7 Å². The molecule has 6 nitrogen and oxygen atoms in total. The number of hydrogen-bond donors (Lipinski definition) is 1. The van der Waals surface area contributed by atoms with E-state index in [-0.39, 0.29) is 11.9 Å². The Bertz CT molecular complexity index is 994. The third-order valence-electron chi connectivity index (χ3n) is 4.53. The van der Waals surface area contributed by atoms with Crippen LogP contribution < -0.4 is 14.8 Å². The zero-order chi connectivity index (χ0) is 20.8. The lowest BCUT2D eigenvalue weighted by Crippen LogP contribution is -2.33. The van der Waals surface area contributed by atoms with Gasteiger partial charge in [-0.1, -0.05) is 65.2 Å². The first-order valence-corrected chi connectivity index (χ1v) is 12.2. The summed E-state index contributed by atoms with van der Waals surface area (Å²) in [6.45, 7) is 0.611. The van der Waals surface area contributed by atoms with Gasteiger partial charge in [-0.15, -0.1) is 10.2 Å². The minimum atomic E-state index is -0.00987. The predicted octanol–water partition coefficient (Wildman–Crippen LogP) is 4.57. The SMILES string of the molecule is COc1ccc(CSc2nnc(SCC(=O)NC3CCOc4ccccc43)s2)cc1. The molecule has 0 saturated carbocycles. The number of amides is 1. The summed E-state index contributed by atoms with van der Waals surface area (Å²) in [5.74, 6) is 2.82. The maximum Gasteiger partial charge on any atom is 0.230 e. The van der Waals surface area contributed by atoms with Crippen LogP contribution in [-0.4, -0.2) is 35.6 Å². The molecule has 1 atom stereocenters. The fraction of sp³-hybridized carbons (Fsp3) is 0.286. The highest BCUT2D eigenvalue weighted by Gasteiger charge is 2.22. The Morgan fingerprint density at radius 3 is 2.73 bits per heavy atom. The Morgan fingerprint density at radius 2 is 1.93 bits per heavy atom. The molecule has 1 N–H and O–H groups in total. The molecule has 156 valence electrons. The van der Waals surface area contributed by atoms with E-state index >= 15 is 0 Å². The van der Waals surface area contributed by atoms with Crippen LogP contribution in [0.5, 0.6) is 11.5 Å². The Balaban J connectivity index is 1.24. The maximum atomic E-state index is 12.4. The Hall–Kier alpha value is -2.23. The zero-order valence-electron chi connectivity index (χ0n) is 16.4. The minimum Gasteiger partial charge on any atom is -0.497 e. The first kappa shape index (κ1) is 21.0. The summed E-state index contributed by atoms with van der Waals surface area (Å²) in [7, 11) is 1.66. The second-order valence-corrected chi connectivity index (χ2v) is 9.98. The average molecular weight is 460 g/mol. The lowest BCUT2D eigenvalue weighted by molar-refractivity contribution is -0.119. The van der Waals surface area contributed by atoms with Gasteiger partial charge in [-0.25, -0.2) is 0 Å². The van der Waals surface area contributed by atoms with Gasteiger partial charge < -0.3 is 14.8 Å². The third kappa shape index (κ3) is 5.47. The van der Waals surface area contributed by atoms with E-state index in [0.29, 0.717) is 12.4 Å². The summed E-state index contributed by atoms with van der Waals surface area (Å²) < 4.78 is 12.5. The number of nitrogens with zero attached hydrogens (tertiary/aromatic N) is 2. The number of para-hydroxylation sites is 1.